The summed E-state index contributed by atoms with van der Waals surface area (Å²) >= 11 is 6.51. The Morgan fingerprint density at radius 2 is 1.51 bits per heavy atom. The number of aryl methyl sites for hydroxylation is 1. The molecule has 3 aliphatic heterocycles. The Morgan fingerprint density at radius 3 is 2.20 bits per heavy atom. The van der Waals surface area contributed by atoms with Crippen LogP contribution in [0.2, 0.25) is 5.02 Å². The number of piperidine rings is 2. The van der Waals surface area contributed by atoms with Crippen molar-refractivity contribution in [3.05, 3.63) is 88.1 Å². The number of anilines is 4. The second-order valence-corrected chi connectivity index (χ2v) is 20.4. The highest BCUT2D eigenvalue weighted by atomic mass is 35.5. The molecule has 1 aromatic heterocycles. The van der Waals surface area contributed by atoms with Crippen molar-refractivity contribution in [1.82, 2.24) is 25.1 Å². The minimum absolute atomic E-state index is 0.0431. The SMILES string of the molecule is Cc1cc(Nc2ncc(Cl)c(Nc3ccccc3S(=O)(=O)C(C)C)n2)c(OC(C)C)cc1C1CCN(CCOCCOCCOCCOc2cccc3c2C(=O)N(C2CCC(=O)NC2=O)C3=O)CC1. The molecule has 2 fully saturated rings. The molecule has 3 aliphatic rings. The second kappa shape index (κ2) is 23.3. The summed E-state index contributed by atoms with van der Waals surface area (Å²) in [5.74, 6) is -0.540. The van der Waals surface area contributed by atoms with E-state index in [2.05, 4.69) is 49.9 Å². The molecule has 20 heteroatoms. The van der Waals surface area contributed by atoms with Gasteiger partial charge in [-0.1, -0.05) is 29.8 Å². The van der Waals surface area contributed by atoms with Gasteiger partial charge in [0.05, 0.1) is 84.6 Å². The van der Waals surface area contributed by atoms with Crippen molar-refractivity contribution in [2.75, 3.05) is 76.5 Å². The van der Waals surface area contributed by atoms with Crippen molar-refractivity contribution >= 4 is 68.2 Å². The highest BCUT2D eigenvalue weighted by Crippen LogP contribution is 2.39. The zero-order valence-electron chi connectivity index (χ0n) is 39.5. The summed E-state index contributed by atoms with van der Waals surface area (Å²) in [4.78, 5) is 62.8. The van der Waals surface area contributed by atoms with Gasteiger partial charge in [-0.25, -0.2) is 13.4 Å². The summed E-state index contributed by atoms with van der Waals surface area (Å²) in [6.45, 7) is 14.5. The van der Waals surface area contributed by atoms with Crippen LogP contribution in [0, 0.1) is 6.92 Å². The fraction of sp³-hybridized carbons (Fsp3) is 0.469. The number of hydrogen-bond donors (Lipinski definition) is 3. The lowest BCUT2D eigenvalue weighted by atomic mass is 9.86. The zero-order valence-corrected chi connectivity index (χ0v) is 41.1. The molecule has 4 amide bonds. The Hall–Kier alpha value is -5.70. The average Bonchev–Trinajstić information content (AvgIpc) is 3.57. The summed E-state index contributed by atoms with van der Waals surface area (Å²) in [5.41, 5.74) is 3.67. The van der Waals surface area contributed by atoms with Crippen LogP contribution >= 0.6 is 11.6 Å². The lowest BCUT2D eigenvalue weighted by Gasteiger charge is -2.33. The molecule has 2 saturated heterocycles. The Balaban J connectivity index is 0.800. The van der Waals surface area contributed by atoms with Gasteiger partial charge in [0.15, 0.2) is 15.7 Å². The van der Waals surface area contributed by atoms with Crippen LogP contribution in [0.1, 0.15) is 91.1 Å². The number of fused-ring (bicyclic) bond motifs is 1. The first-order valence-electron chi connectivity index (χ1n) is 23.3. The molecule has 370 valence electrons. The Labute approximate surface area is 407 Å². The van der Waals surface area contributed by atoms with Crippen LogP contribution in [-0.4, -0.2) is 135 Å². The number of para-hydroxylation sites is 1. The predicted molar refractivity (Wildman–Crippen MR) is 259 cm³/mol. The van der Waals surface area contributed by atoms with Gasteiger partial charge in [0.1, 0.15) is 29.2 Å². The number of nitrogens with zero attached hydrogens (tertiary/aromatic N) is 4. The van der Waals surface area contributed by atoms with Crippen LogP contribution in [0.4, 0.5) is 23.1 Å². The fourth-order valence-corrected chi connectivity index (χ4v) is 9.79. The molecule has 0 spiro atoms. The molecule has 7 rings (SSSR count). The van der Waals surface area contributed by atoms with Gasteiger partial charge in [-0.2, -0.15) is 4.98 Å². The van der Waals surface area contributed by atoms with Crippen molar-refractivity contribution in [1.29, 1.82) is 0 Å². The third kappa shape index (κ3) is 12.6. The van der Waals surface area contributed by atoms with E-state index >= 15 is 0 Å². The molecule has 3 N–H and O–H groups in total. The maximum Gasteiger partial charge on any atom is 0.266 e. The molecule has 69 heavy (non-hydrogen) atoms. The van der Waals surface area contributed by atoms with Gasteiger partial charge in [-0.05, 0) is 120 Å². The van der Waals surface area contributed by atoms with Crippen LogP contribution in [0.5, 0.6) is 11.5 Å². The third-order valence-electron chi connectivity index (χ3n) is 12.0. The zero-order chi connectivity index (χ0) is 49.2. The van der Waals surface area contributed by atoms with E-state index in [1.807, 2.05) is 13.8 Å². The standard InChI is InChI=1S/C49H60ClN7O11S/c1-30(2)68-41-28-35(32(5)27-38(41)53-49-51-29-36(50)45(55-49)52-37-10-6-7-12-42(37)69(62,63)31(3)4)33-15-17-56(18-16-33)19-20-64-21-22-65-23-24-66-25-26-67-40-11-8-9-34-44(40)48(61)57(47(34)60)39-13-14-43(58)54-46(39)59/h6-12,27-31,33,39H,13-26H2,1-5H3,(H,54,58,59)(H2,51,52,53,55). The highest BCUT2D eigenvalue weighted by Gasteiger charge is 2.46. The minimum Gasteiger partial charge on any atom is -0.490 e. The van der Waals surface area contributed by atoms with Crippen molar-refractivity contribution in [3.8, 4) is 11.5 Å². The predicted octanol–water partition coefficient (Wildman–Crippen LogP) is 6.60. The number of nitrogens with one attached hydrogen (secondary N) is 3. The smallest absolute Gasteiger partial charge is 0.266 e. The van der Waals surface area contributed by atoms with Gasteiger partial charge in [-0.3, -0.25) is 29.4 Å². The molecular weight excluding hydrogens is 930 g/mol. The summed E-state index contributed by atoms with van der Waals surface area (Å²) in [7, 11) is -3.58. The minimum atomic E-state index is -3.58. The van der Waals surface area contributed by atoms with E-state index in [-0.39, 0.29) is 70.7 Å². The Bertz CT molecular complexity index is 2620. The molecule has 1 unspecified atom stereocenters. The molecule has 18 nitrogen and oxygen atoms in total. The van der Waals surface area contributed by atoms with Gasteiger partial charge in [0, 0.05) is 13.0 Å². The fourth-order valence-electron chi connectivity index (χ4n) is 8.45. The third-order valence-corrected chi connectivity index (χ3v) is 14.5. The number of halogens is 1. The van der Waals surface area contributed by atoms with Crippen LogP contribution in [-0.2, 0) is 33.6 Å². The quantitative estimate of drug-likeness (QED) is 0.0527. The molecule has 0 radical (unpaired) electrons. The van der Waals surface area contributed by atoms with Crippen LogP contribution in [0.15, 0.2) is 65.7 Å². The van der Waals surface area contributed by atoms with E-state index in [4.69, 9.17) is 35.3 Å². The number of imide groups is 2. The number of rotatable bonds is 23. The summed E-state index contributed by atoms with van der Waals surface area (Å²) in [6.07, 6.45) is 3.47. The first kappa shape index (κ1) is 51.2. The molecule has 0 aliphatic carbocycles. The number of hydrogen-bond acceptors (Lipinski definition) is 16. The first-order valence-corrected chi connectivity index (χ1v) is 25.2. The van der Waals surface area contributed by atoms with Crippen molar-refractivity contribution in [2.45, 2.75) is 88.5 Å². The lowest BCUT2D eigenvalue weighted by molar-refractivity contribution is -0.136. The maximum absolute atomic E-state index is 13.2. The molecule has 4 aromatic rings. The molecule has 3 aromatic carbocycles. The number of sulfone groups is 1. The maximum atomic E-state index is 13.2. The highest BCUT2D eigenvalue weighted by molar-refractivity contribution is 7.92. The summed E-state index contributed by atoms with van der Waals surface area (Å²) < 4.78 is 55.5. The monoisotopic (exact) mass is 989 g/mol. The van der Waals surface area contributed by atoms with Crippen LogP contribution in [0.25, 0.3) is 0 Å². The van der Waals surface area contributed by atoms with Gasteiger partial charge >= 0.3 is 0 Å². The number of benzene rings is 3. The molecule has 4 heterocycles. The van der Waals surface area contributed by atoms with E-state index < -0.39 is 44.8 Å². The van der Waals surface area contributed by atoms with E-state index in [0.29, 0.717) is 56.1 Å². The van der Waals surface area contributed by atoms with Crippen LogP contribution < -0.4 is 25.4 Å². The summed E-state index contributed by atoms with van der Waals surface area (Å²) in [6, 6.07) is 14.5. The number of likely N-dealkylation sites (tertiary alicyclic amines) is 1. The van der Waals surface area contributed by atoms with E-state index in [1.165, 1.54) is 17.8 Å². The molecule has 0 saturated carbocycles. The number of carbonyl (C=O) groups excluding carboxylic acids is 4. The Morgan fingerprint density at radius 1 is 0.812 bits per heavy atom. The molecular formula is C49H60ClN7O11S. The van der Waals surface area contributed by atoms with E-state index in [1.54, 1.807) is 50.2 Å². The lowest BCUT2D eigenvalue weighted by Crippen LogP contribution is -2.54. The van der Waals surface area contributed by atoms with Crippen molar-refractivity contribution < 1.29 is 51.3 Å². The van der Waals surface area contributed by atoms with Crippen molar-refractivity contribution in [3.63, 3.8) is 0 Å². The van der Waals surface area contributed by atoms with E-state index in [0.717, 1.165) is 42.9 Å². The average molecular weight is 991 g/mol. The first-order chi connectivity index (χ1) is 33.1. The largest absolute Gasteiger partial charge is 0.490 e. The normalized spacial score (nSPS) is 16.9. The van der Waals surface area contributed by atoms with Gasteiger partial charge in [-0.15, -0.1) is 0 Å². The van der Waals surface area contributed by atoms with Crippen LogP contribution in [0.3, 0.4) is 0 Å². The number of amides is 4. The number of carbonyl (C=O) groups is 4. The number of ether oxygens (including phenoxy) is 5. The topological polar surface area (TPSA) is 217 Å². The van der Waals surface area contributed by atoms with Crippen molar-refractivity contribution in [2.24, 2.45) is 0 Å². The Kier molecular flexibility index (Phi) is 17.3. The second-order valence-electron chi connectivity index (χ2n) is 17.5. The summed E-state index contributed by atoms with van der Waals surface area (Å²) in [5, 5.41) is 8.24. The molecule has 0 bridgehead atoms. The van der Waals surface area contributed by atoms with Gasteiger partial charge in [0.2, 0.25) is 17.8 Å². The van der Waals surface area contributed by atoms with E-state index in [9.17, 15) is 27.6 Å². The van der Waals surface area contributed by atoms with Gasteiger partial charge < -0.3 is 39.2 Å². The van der Waals surface area contributed by atoms with Gasteiger partial charge in [0.25, 0.3) is 11.8 Å². The molecule has 1 atom stereocenters. The number of aromatic nitrogens is 2.